The molecular weight excluding hydrogens is 311 g/mol. The fourth-order valence-corrected chi connectivity index (χ4v) is 6.47. The molecule has 0 unspecified atom stereocenters. The smallest absolute Gasteiger partial charge is 0.144 e. The number of rotatable bonds is 5. The van der Waals surface area contributed by atoms with Gasteiger partial charge >= 0.3 is 0 Å². The van der Waals surface area contributed by atoms with Gasteiger partial charge in [-0.25, -0.2) is 0 Å². The molecule has 3 rings (SSSR count). The van der Waals surface area contributed by atoms with E-state index < -0.39 is 7.14 Å². The second-order valence-corrected chi connectivity index (χ2v) is 9.65. The van der Waals surface area contributed by atoms with Crippen LogP contribution in [0.3, 0.4) is 0 Å². The zero-order valence-electron chi connectivity index (χ0n) is 14.2. The molecule has 0 spiro atoms. The molecule has 0 atom stereocenters. The average molecular weight is 334 g/mol. The molecule has 0 saturated carbocycles. The van der Waals surface area contributed by atoms with Crippen molar-refractivity contribution in [3.05, 3.63) is 96.6 Å². The fraction of sp³-hybridized carbons (Fsp3) is 0.182. The van der Waals surface area contributed by atoms with E-state index in [1.54, 1.807) is 0 Å². The van der Waals surface area contributed by atoms with Crippen molar-refractivity contribution < 1.29 is 4.57 Å². The summed E-state index contributed by atoms with van der Waals surface area (Å²) >= 11 is 0. The Morgan fingerprint density at radius 3 is 1.46 bits per heavy atom. The Bertz CT molecular complexity index is 780. The Labute approximate surface area is 144 Å². The van der Waals surface area contributed by atoms with Gasteiger partial charge in [0, 0.05) is 16.8 Å². The molecule has 122 valence electrons. The molecule has 0 aliphatic rings. The van der Waals surface area contributed by atoms with Crippen LogP contribution in [0.4, 0.5) is 0 Å². The van der Waals surface area contributed by atoms with Crippen LogP contribution >= 0.6 is 7.14 Å². The highest BCUT2D eigenvalue weighted by molar-refractivity contribution is 7.78. The van der Waals surface area contributed by atoms with E-state index in [2.05, 4.69) is 26.0 Å². The summed E-state index contributed by atoms with van der Waals surface area (Å²) in [5, 5.41) is 1.86. The molecule has 0 aromatic heterocycles. The van der Waals surface area contributed by atoms with E-state index in [0.717, 1.165) is 10.6 Å². The molecule has 3 aromatic rings. The van der Waals surface area contributed by atoms with Crippen LogP contribution in [0.1, 0.15) is 19.4 Å². The SMILES string of the molecule is CC(C)(CP(=O)(c1ccccc1)c1ccccc1)c1ccccc1. The van der Waals surface area contributed by atoms with Crippen LogP contribution in [0.2, 0.25) is 0 Å². The third-order valence-electron chi connectivity index (χ3n) is 4.52. The number of benzene rings is 3. The molecule has 0 radical (unpaired) electrons. The third-order valence-corrected chi connectivity index (χ3v) is 8.02. The van der Waals surface area contributed by atoms with Crippen LogP contribution in [-0.2, 0) is 9.98 Å². The Morgan fingerprint density at radius 1 is 0.667 bits per heavy atom. The first-order valence-corrected chi connectivity index (χ1v) is 10.2. The van der Waals surface area contributed by atoms with E-state index in [4.69, 9.17) is 0 Å². The van der Waals surface area contributed by atoms with Crippen LogP contribution in [0, 0.1) is 0 Å². The van der Waals surface area contributed by atoms with Crippen LogP contribution in [0.25, 0.3) is 0 Å². The predicted octanol–water partition coefficient (Wildman–Crippen LogP) is 4.98. The number of hydrogen-bond donors (Lipinski definition) is 0. The van der Waals surface area contributed by atoms with E-state index in [0.29, 0.717) is 6.16 Å². The van der Waals surface area contributed by atoms with E-state index in [1.165, 1.54) is 5.56 Å². The van der Waals surface area contributed by atoms with E-state index in [9.17, 15) is 4.57 Å². The average Bonchev–Trinajstić information content (AvgIpc) is 2.63. The molecule has 2 heteroatoms. The molecule has 0 aliphatic carbocycles. The van der Waals surface area contributed by atoms with E-state index >= 15 is 0 Å². The number of hydrogen-bond acceptors (Lipinski definition) is 1. The van der Waals surface area contributed by atoms with Crippen molar-refractivity contribution in [3.63, 3.8) is 0 Å². The van der Waals surface area contributed by atoms with Gasteiger partial charge in [-0.15, -0.1) is 0 Å². The first-order chi connectivity index (χ1) is 11.5. The second-order valence-electron chi connectivity index (χ2n) is 6.82. The lowest BCUT2D eigenvalue weighted by Gasteiger charge is -2.31. The van der Waals surface area contributed by atoms with Crippen LogP contribution < -0.4 is 10.6 Å². The zero-order valence-corrected chi connectivity index (χ0v) is 15.1. The topological polar surface area (TPSA) is 17.1 Å². The summed E-state index contributed by atoms with van der Waals surface area (Å²) in [5.41, 5.74) is 1.04. The first kappa shape index (κ1) is 16.7. The quantitative estimate of drug-likeness (QED) is 0.602. The molecule has 3 aromatic carbocycles. The molecule has 0 N–H and O–H groups in total. The molecule has 0 heterocycles. The van der Waals surface area contributed by atoms with Crippen LogP contribution in [-0.4, -0.2) is 6.16 Å². The summed E-state index contributed by atoms with van der Waals surface area (Å²) in [4.78, 5) is 0. The standard InChI is InChI=1S/C22H23OP/c1-22(2,19-12-6-3-7-13-19)18-24(23,20-14-8-4-9-15-20)21-16-10-5-11-17-21/h3-17H,18H2,1-2H3. The lowest BCUT2D eigenvalue weighted by molar-refractivity contribution is 0.553. The molecule has 1 nitrogen and oxygen atoms in total. The van der Waals surface area contributed by atoms with Gasteiger partial charge in [0.25, 0.3) is 0 Å². The monoisotopic (exact) mass is 334 g/mol. The predicted molar refractivity (Wildman–Crippen MR) is 104 cm³/mol. The fourth-order valence-electron chi connectivity index (χ4n) is 3.21. The Hall–Kier alpha value is -2.11. The summed E-state index contributed by atoms with van der Waals surface area (Å²) in [5.74, 6) is 0. The van der Waals surface area contributed by atoms with Crippen molar-refractivity contribution in [3.8, 4) is 0 Å². The van der Waals surface area contributed by atoms with Gasteiger partial charge in [0.05, 0.1) is 0 Å². The highest BCUT2D eigenvalue weighted by Crippen LogP contribution is 2.48. The molecule has 24 heavy (non-hydrogen) atoms. The Kier molecular flexibility index (Phi) is 4.73. The molecular formula is C22H23OP. The van der Waals surface area contributed by atoms with Gasteiger partial charge in [-0.3, -0.25) is 0 Å². The maximum Gasteiger partial charge on any atom is 0.144 e. The van der Waals surface area contributed by atoms with Gasteiger partial charge in [0.2, 0.25) is 0 Å². The summed E-state index contributed by atoms with van der Waals surface area (Å²) in [7, 11) is -2.71. The molecule has 0 amide bonds. The van der Waals surface area contributed by atoms with Gasteiger partial charge in [0.15, 0.2) is 0 Å². The van der Waals surface area contributed by atoms with Crippen molar-refractivity contribution in [1.82, 2.24) is 0 Å². The normalized spacial score (nSPS) is 12.1. The van der Waals surface area contributed by atoms with Crippen molar-refractivity contribution >= 4 is 17.8 Å². The highest BCUT2D eigenvalue weighted by atomic mass is 31.2. The summed E-state index contributed by atoms with van der Waals surface area (Å²) in [6.07, 6.45) is 0.609. The van der Waals surface area contributed by atoms with Crippen LogP contribution in [0.5, 0.6) is 0 Å². The van der Waals surface area contributed by atoms with Gasteiger partial charge in [-0.1, -0.05) is 105 Å². The molecule has 0 saturated heterocycles. The second kappa shape index (κ2) is 6.79. The van der Waals surface area contributed by atoms with Crippen molar-refractivity contribution in [2.75, 3.05) is 6.16 Å². The highest BCUT2D eigenvalue weighted by Gasteiger charge is 2.35. The maximum atomic E-state index is 14.2. The first-order valence-electron chi connectivity index (χ1n) is 8.28. The van der Waals surface area contributed by atoms with Crippen molar-refractivity contribution in [2.45, 2.75) is 19.3 Å². The third kappa shape index (κ3) is 3.37. The van der Waals surface area contributed by atoms with Gasteiger partial charge in [-0.2, -0.15) is 0 Å². The summed E-state index contributed by atoms with van der Waals surface area (Å²) < 4.78 is 14.2. The largest absolute Gasteiger partial charge is 0.314 e. The maximum absolute atomic E-state index is 14.2. The van der Waals surface area contributed by atoms with Gasteiger partial charge < -0.3 is 4.57 Å². The lowest BCUT2D eigenvalue weighted by atomic mass is 9.87. The molecule has 0 aliphatic heterocycles. The van der Waals surface area contributed by atoms with Gasteiger partial charge in [0.1, 0.15) is 7.14 Å². The van der Waals surface area contributed by atoms with E-state index in [-0.39, 0.29) is 5.41 Å². The molecule has 0 fully saturated rings. The van der Waals surface area contributed by atoms with Gasteiger partial charge in [-0.05, 0) is 11.0 Å². The van der Waals surface area contributed by atoms with E-state index in [1.807, 2.05) is 78.9 Å². The van der Waals surface area contributed by atoms with Crippen molar-refractivity contribution in [1.29, 1.82) is 0 Å². The Balaban J connectivity index is 2.09. The summed E-state index contributed by atoms with van der Waals surface area (Å²) in [6.45, 7) is 4.36. The summed E-state index contributed by atoms with van der Waals surface area (Å²) in [6, 6.07) is 30.2. The zero-order chi connectivity index (χ0) is 17.0. The minimum Gasteiger partial charge on any atom is -0.314 e. The minimum atomic E-state index is -2.71. The minimum absolute atomic E-state index is 0.178. The Morgan fingerprint density at radius 2 is 1.04 bits per heavy atom. The van der Waals surface area contributed by atoms with Crippen LogP contribution in [0.15, 0.2) is 91.0 Å². The lowest BCUT2D eigenvalue weighted by Crippen LogP contribution is -2.29. The molecule has 0 bridgehead atoms. The van der Waals surface area contributed by atoms with Crippen molar-refractivity contribution in [2.24, 2.45) is 0 Å².